The second-order valence-electron chi connectivity index (χ2n) is 4.21. The van der Waals surface area contributed by atoms with E-state index in [1.54, 1.807) is 30.3 Å². The number of para-hydroxylation sites is 1. The number of aliphatic carboxylic acids is 1. The number of nitrogens with zero attached hydrogens (tertiary/aromatic N) is 2. The lowest BCUT2D eigenvalue weighted by Gasteiger charge is -2.22. The van der Waals surface area contributed by atoms with Crippen molar-refractivity contribution in [3.63, 3.8) is 0 Å². The predicted molar refractivity (Wildman–Crippen MR) is 73.8 cm³/mol. The lowest BCUT2D eigenvalue weighted by Crippen LogP contribution is -2.33. The number of amides is 1. The molecule has 0 saturated heterocycles. The topological polar surface area (TPSA) is 94.5 Å². The Morgan fingerprint density at radius 1 is 1.24 bits per heavy atom. The van der Waals surface area contributed by atoms with Crippen LogP contribution in [0.3, 0.4) is 0 Å². The Bertz CT molecular complexity index is 686. The molecule has 106 valence electrons. The van der Waals surface area contributed by atoms with E-state index in [1.807, 2.05) is 6.07 Å². The molecule has 0 spiro atoms. The predicted octanol–water partition coefficient (Wildman–Crippen LogP) is 2.27. The molecule has 1 aromatic carbocycles. The van der Waals surface area contributed by atoms with Crippen LogP contribution in [-0.4, -0.2) is 23.5 Å². The molecule has 6 nitrogen and oxygen atoms in total. The van der Waals surface area contributed by atoms with Crippen LogP contribution in [0, 0.1) is 11.3 Å². The number of rotatable bonds is 5. The maximum Gasteiger partial charge on any atom is 0.305 e. The van der Waals surface area contributed by atoms with Crippen LogP contribution < -0.4 is 4.90 Å². The molecule has 0 radical (unpaired) electrons. The van der Waals surface area contributed by atoms with E-state index in [-0.39, 0.29) is 18.7 Å². The molecule has 2 aromatic rings. The van der Waals surface area contributed by atoms with Gasteiger partial charge in [0.15, 0.2) is 5.76 Å². The lowest BCUT2D eigenvalue weighted by atomic mass is 10.1. The molecule has 6 heteroatoms. The van der Waals surface area contributed by atoms with Crippen molar-refractivity contribution < 1.29 is 19.1 Å². The molecule has 0 bridgehead atoms. The first-order valence-corrected chi connectivity index (χ1v) is 6.19. The summed E-state index contributed by atoms with van der Waals surface area (Å²) in [6, 6.07) is 11.6. The average molecular weight is 284 g/mol. The van der Waals surface area contributed by atoms with Crippen molar-refractivity contribution in [2.75, 3.05) is 11.4 Å². The zero-order valence-electron chi connectivity index (χ0n) is 11.0. The van der Waals surface area contributed by atoms with Gasteiger partial charge in [-0.25, -0.2) is 0 Å². The first-order chi connectivity index (χ1) is 10.1. The number of nitriles is 1. The van der Waals surface area contributed by atoms with Crippen molar-refractivity contribution >= 4 is 17.6 Å². The maximum absolute atomic E-state index is 12.4. The number of benzene rings is 1. The van der Waals surface area contributed by atoms with E-state index in [0.29, 0.717) is 11.3 Å². The maximum atomic E-state index is 12.4. The Kier molecular flexibility index (Phi) is 4.36. The highest BCUT2D eigenvalue weighted by Crippen LogP contribution is 2.22. The normalized spacial score (nSPS) is 9.86. The van der Waals surface area contributed by atoms with Crippen molar-refractivity contribution in [1.29, 1.82) is 5.26 Å². The largest absolute Gasteiger partial charge is 0.481 e. The zero-order chi connectivity index (χ0) is 15.2. The first kappa shape index (κ1) is 14.3. The van der Waals surface area contributed by atoms with Crippen molar-refractivity contribution in [1.82, 2.24) is 0 Å². The van der Waals surface area contributed by atoms with Gasteiger partial charge in [0.25, 0.3) is 5.91 Å². The minimum Gasteiger partial charge on any atom is -0.481 e. The monoisotopic (exact) mass is 284 g/mol. The molecule has 0 aliphatic heterocycles. The number of carboxylic acids is 1. The van der Waals surface area contributed by atoms with E-state index in [0.717, 1.165) is 0 Å². The molecule has 21 heavy (non-hydrogen) atoms. The Morgan fingerprint density at radius 2 is 2.00 bits per heavy atom. The van der Waals surface area contributed by atoms with Gasteiger partial charge in [0, 0.05) is 6.54 Å². The van der Waals surface area contributed by atoms with Crippen LogP contribution in [0.2, 0.25) is 0 Å². The fraction of sp³-hybridized carbons (Fsp3) is 0.133. The highest BCUT2D eigenvalue weighted by atomic mass is 16.4. The third kappa shape index (κ3) is 3.28. The van der Waals surface area contributed by atoms with Gasteiger partial charge < -0.3 is 14.4 Å². The fourth-order valence-electron chi connectivity index (χ4n) is 1.88. The van der Waals surface area contributed by atoms with E-state index >= 15 is 0 Å². The molecule has 0 atom stereocenters. The van der Waals surface area contributed by atoms with Crippen molar-refractivity contribution in [2.24, 2.45) is 0 Å². The molecule has 1 aromatic heterocycles. The second kappa shape index (κ2) is 6.39. The number of furan rings is 1. The van der Waals surface area contributed by atoms with Crippen molar-refractivity contribution in [2.45, 2.75) is 6.42 Å². The number of hydrogen-bond donors (Lipinski definition) is 1. The smallest absolute Gasteiger partial charge is 0.305 e. The summed E-state index contributed by atoms with van der Waals surface area (Å²) < 4.78 is 5.06. The molecule has 0 fully saturated rings. The average Bonchev–Trinajstić information content (AvgIpc) is 3.01. The first-order valence-electron chi connectivity index (χ1n) is 6.19. The van der Waals surface area contributed by atoms with Crippen LogP contribution in [0.4, 0.5) is 5.69 Å². The lowest BCUT2D eigenvalue weighted by molar-refractivity contribution is -0.136. The van der Waals surface area contributed by atoms with Crippen molar-refractivity contribution in [3.8, 4) is 6.07 Å². The van der Waals surface area contributed by atoms with Gasteiger partial charge in [0.05, 0.1) is 23.9 Å². The summed E-state index contributed by atoms with van der Waals surface area (Å²) in [6.07, 6.45) is 1.13. The molecule has 0 saturated carbocycles. The van der Waals surface area contributed by atoms with Crippen molar-refractivity contribution in [3.05, 3.63) is 54.0 Å². The summed E-state index contributed by atoms with van der Waals surface area (Å²) in [7, 11) is 0. The molecular formula is C15H12N2O4. The van der Waals surface area contributed by atoms with E-state index in [2.05, 4.69) is 0 Å². The quantitative estimate of drug-likeness (QED) is 0.908. The summed E-state index contributed by atoms with van der Waals surface area (Å²) in [5, 5.41) is 18.0. The minimum atomic E-state index is -1.03. The van der Waals surface area contributed by atoms with Crippen LogP contribution in [0.15, 0.2) is 47.1 Å². The number of carbonyl (C=O) groups excluding carboxylic acids is 1. The summed E-state index contributed by atoms with van der Waals surface area (Å²) in [5.74, 6) is -1.42. The number of anilines is 1. The standard InChI is InChI=1S/C15H12N2O4/c16-10-11-4-1-2-5-12(11)17(8-7-14(18)19)15(20)13-6-3-9-21-13/h1-6,9H,7-8H2,(H,18,19). The summed E-state index contributed by atoms with van der Waals surface area (Å²) in [5.41, 5.74) is 0.658. The molecule has 1 N–H and O–H groups in total. The van der Waals surface area contributed by atoms with Crippen LogP contribution in [-0.2, 0) is 4.79 Å². The Labute approximate surface area is 120 Å². The van der Waals surface area contributed by atoms with Crippen LogP contribution in [0.5, 0.6) is 0 Å². The molecular weight excluding hydrogens is 272 g/mol. The van der Waals surface area contributed by atoms with Crippen LogP contribution >= 0.6 is 0 Å². The summed E-state index contributed by atoms with van der Waals surface area (Å²) >= 11 is 0. The van der Waals surface area contributed by atoms with Crippen LogP contribution in [0.25, 0.3) is 0 Å². The van der Waals surface area contributed by atoms with Gasteiger partial charge in [-0.3, -0.25) is 9.59 Å². The third-order valence-corrected chi connectivity index (χ3v) is 2.84. The number of carbonyl (C=O) groups is 2. The molecule has 0 aliphatic carbocycles. The molecule has 0 aliphatic rings. The minimum absolute atomic E-state index is 0.0481. The van der Waals surface area contributed by atoms with Gasteiger partial charge in [-0.15, -0.1) is 0 Å². The fourth-order valence-corrected chi connectivity index (χ4v) is 1.88. The molecule has 1 heterocycles. The van der Waals surface area contributed by atoms with Gasteiger partial charge in [0.2, 0.25) is 0 Å². The highest BCUT2D eigenvalue weighted by Gasteiger charge is 2.22. The molecule has 0 unspecified atom stereocenters. The zero-order valence-corrected chi connectivity index (χ0v) is 11.0. The van der Waals surface area contributed by atoms with E-state index in [1.165, 1.54) is 17.2 Å². The highest BCUT2D eigenvalue weighted by molar-refractivity contribution is 6.05. The summed E-state index contributed by atoms with van der Waals surface area (Å²) in [6.45, 7) is -0.0481. The van der Waals surface area contributed by atoms with E-state index < -0.39 is 11.9 Å². The van der Waals surface area contributed by atoms with Gasteiger partial charge in [-0.2, -0.15) is 5.26 Å². The third-order valence-electron chi connectivity index (χ3n) is 2.84. The second-order valence-corrected chi connectivity index (χ2v) is 4.21. The molecule has 1 amide bonds. The molecule has 2 rings (SSSR count). The Morgan fingerprint density at radius 3 is 2.62 bits per heavy atom. The van der Waals surface area contributed by atoms with Gasteiger partial charge >= 0.3 is 5.97 Å². The number of hydrogen-bond acceptors (Lipinski definition) is 4. The van der Waals surface area contributed by atoms with E-state index in [4.69, 9.17) is 14.8 Å². The van der Waals surface area contributed by atoms with E-state index in [9.17, 15) is 9.59 Å². The SMILES string of the molecule is N#Cc1ccccc1N(CCC(=O)O)C(=O)c1ccco1. The summed E-state index contributed by atoms with van der Waals surface area (Å²) in [4.78, 5) is 24.4. The Hall–Kier alpha value is -3.07. The Balaban J connectivity index is 2.38. The van der Waals surface area contributed by atoms with Gasteiger partial charge in [-0.05, 0) is 24.3 Å². The van der Waals surface area contributed by atoms with Crippen LogP contribution in [0.1, 0.15) is 22.5 Å². The number of carboxylic acid groups (broad SMARTS) is 1. The van der Waals surface area contributed by atoms with Gasteiger partial charge in [0.1, 0.15) is 6.07 Å². The van der Waals surface area contributed by atoms with Gasteiger partial charge in [-0.1, -0.05) is 12.1 Å².